The van der Waals surface area contributed by atoms with Gasteiger partial charge >= 0.3 is 0 Å². The highest BCUT2D eigenvalue weighted by Crippen LogP contribution is 2.37. The lowest BCUT2D eigenvalue weighted by Crippen LogP contribution is -2.47. The van der Waals surface area contributed by atoms with Crippen LogP contribution < -0.4 is 19.9 Å². The van der Waals surface area contributed by atoms with E-state index in [1.54, 1.807) is 11.0 Å². The van der Waals surface area contributed by atoms with E-state index >= 15 is 0 Å². The molecule has 0 radical (unpaired) electrons. The highest BCUT2D eigenvalue weighted by molar-refractivity contribution is 7.92. The van der Waals surface area contributed by atoms with Crippen molar-refractivity contribution in [2.24, 2.45) is 5.73 Å². The number of nitrogens with one attached hydrogen (secondary N) is 1. The molecule has 0 saturated carbocycles. The number of carbonyl (C=O) groups excluding carboxylic acids is 1. The highest BCUT2D eigenvalue weighted by atomic mass is 32.2. The SMILES string of the molecule is COc1cc(C(=O)N2CCCCC2CN)cc(NS(C)(=O)=O)c1OC. The molecule has 2 rings (SSSR count). The molecule has 0 bridgehead atoms. The van der Waals surface area contributed by atoms with Gasteiger partial charge in [-0.25, -0.2) is 8.42 Å². The van der Waals surface area contributed by atoms with Gasteiger partial charge in [0, 0.05) is 24.7 Å². The number of amides is 1. The zero-order valence-electron chi connectivity index (χ0n) is 14.7. The van der Waals surface area contributed by atoms with Crippen LogP contribution in [0.3, 0.4) is 0 Å². The monoisotopic (exact) mass is 371 g/mol. The number of benzene rings is 1. The number of hydrogen-bond donors (Lipinski definition) is 2. The van der Waals surface area contributed by atoms with Crippen molar-refractivity contribution < 1.29 is 22.7 Å². The van der Waals surface area contributed by atoms with Crippen LogP contribution in [0.25, 0.3) is 0 Å². The number of likely N-dealkylation sites (tertiary alicyclic amines) is 1. The molecule has 3 N–H and O–H groups in total. The summed E-state index contributed by atoms with van der Waals surface area (Å²) in [6, 6.07) is 3.00. The molecule has 1 aromatic carbocycles. The lowest BCUT2D eigenvalue weighted by atomic mass is 10.0. The summed E-state index contributed by atoms with van der Waals surface area (Å²) in [5.41, 5.74) is 6.28. The average molecular weight is 371 g/mol. The third-order valence-electron chi connectivity index (χ3n) is 4.18. The van der Waals surface area contributed by atoms with E-state index in [1.807, 2.05) is 0 Å². The maximum absolute atomic E-state index is 13.0. The number of rotatable bonds is 6. The molecule has 1 unspecified atom stereocenters. The number of sulfonamides is 1. The van der Waals surface area contributed by atoms with Crippen molar-refractivity contribution in [3.05, 3.63) is 17.7 Å². The van der Waals surface area contributed by atoms with Gasteiger partial charge in [-0.2, -0.15) is 0 Å². The molecule has 140 valence electrons. The minimum Gasteiger partial charge on any atom is -0.493 e. The van der Waals surface area contributed by atoms with Crippen molar-refractivity contribution in [2.45, 2.75) is 25.3 Å². The average Bonchev–Trinajstić information content (AvgIpc) is 2.58. The first-order chi connectivity index (χ1) is 11.8. The number of nitrogens with two attached hydrogens (primary N) is 1. The summed E-state index contributed by atoms with van der Waals surface area (Å²) < 4.78 is 36.1. The summed E-state index contributed by atoms with van der Waals surface area (Å²) in [6.07, 6.45) is 3.86. The van der Waals surface area contributed by atoms with Crippen molar-refractivity contribution in [1.82, 2.24) is 4.90 Å². The van der Waals surface area contributed by atoms with Gasteiger partial charge in [0.15, 0.2) is 11.5 Å². The number of piperidine rings is 1. The summed E-state index contributed by atoms with van der Waals surface area (Å²) in [5, 5.41) is 0. The van der Waals surface area contributed by atoms with Gasteiger partial charge in [-0.15, -0.1) is 0 Å². The lowest BCUT2D eigenvalue weighted by Gasteiger charge is -2.35. The molecule has 1 atom stereocenters. The van der Waals surface area contributed by atoms with Gasteiger partial charge in [0.1, 0.15) is 0 Å². The first-order valence-electron chi connectivity index (χ1n) is 8.05. The first-order valence-corrected chi connectivity index (χ1v) is 9.94. The molecule has 0 aromatic heterocycles. The Morgan fingerprint density at radius 1 is 1.32 bits per heavy atom. The van der Waals surface area contributed by atoms with Crippen LogP contribution in [0.15, 0.2) is 12.1 Å². The van der Waals surface area contributed by atoms with Crippen LogP contribution in [0.1, 0.15) is 29.6 Å². The Morgan fingerprint density at radius 3 is 2.60 bits per heavy atom. The van der Waals surface area contributed by atoms with Crippen LogP contribution in [0.2, 0.25) is 0 Å². The zero-order chi connectivity index (χ0) is 18.6. The number of carbonyl (C=O) groups is 1. The lowest BCUT2D eigenvalue weighted by molar-refractivity contribution is 0.0623. The van der Waals surface area contributed by atoms with Crippen molar-refractivity contribution >= 4 is 21.6 Å². The second-order valence-corrected chi connectivity index (χ2v) is 7.77. The van der Waals surface area contributed by atoms with Crippen molar-refractivity contribution in [1.29, 1.82) is 0 Å². The fourth-order valence-corrected chi connectivity index (χ4v) is 3.59. The summed E-state index contributed by atoms with van der Waals surface area (Å²) in [7, 11) is -0.713. The maximum Gasteiger partial charge on any atom is 0.254 e. The van der Waals surface area contributed by atoms with Crippen LogP contribution in [0, 0.1) is 0 Å². The van der Waals surface area contributed by atoms with E-state index in [2.05, 4.69) is 4.72 Å². The minimum absolute atomic E-state index is 0.0133. The second kappa shape index (κ2) is 7.92. The molecule has 1 aliphatic heterocycles. The van der Waals surface area contributed by atoms with Gasteiger partial charge < -0.3 is 20.1 Å². The van der Waals surface area contributed by atoms with Crippen LogP contribution in [-0.4, -0.2) is 58.8 Å². The molecule has 1 aromatic rings. The van der Waals surface area contributed by atoms with Gasteiger partial charge in [0.2, 0.25) is 10.0 Å². The molecule has 8 nitrogen and oxygen atoms in total. The molecule has 1 fully saturated rings. The first kappa shape index (κ1) is 19.3. The van der Waals surface area contributed by atoms with E-state index in [-0.39, 0.29) is 29.1 Å². The zero-order valence-corrected chi connectivity index (χ0v) is 15.6. The predicted molar refractivity (Wildman–Crippen MR) is 95.7 cm³/mol. The summed E-state index contributed by atoms with van der Waals surface area (Å²) in [4.78, 5) is 14.7. The summed E-state index contributed by atoms with van der Waals surface area (Å²) in [5.74, 6) is 0.298. The number of ether oxygens (including phenoxy) is 2. The standard InChI is InChI=1S/C16H25N3O5S/c1-23-14-9-11(8-13(15(14)24-2)18-25(3,21)22)16(20)19-7-5-4-6-12(19)10-17/h8-9,12,18H,4-7,10,17H2,1-3H3. The Kier molecular flexibility index (Phi) is 6.12. The van der Waals surface area contributed by atoms with Crippen LogP contribution in [0.4, 0.5) is 5.69 Å². The third kappa shape index (κ3) is 4.55. The van der Waals surface area contributed by atoms with E-state index in [0.29, 0.717) is 18.7 Å². The molecule has 1 amide bonds. The van der Waals surface area contributed by atoms with Crippen molar-refractivity contribution in [3.63, 3.8) is 0 Å². The van der Waals surface area contributed by atoms with Gasteiger partial charge in [0.05, 0.1) is 26.2 Å². The molecule has 1 aliphatic rings. The van der Waals surface area contributed by atoms with Gasteiger partial charge in [-0.05, 0) is 31.4 Å². The molecule has 9 heteroatoms. The highest BCUT2D eigenvalue weighted by Gasteiger charge is 2.28. The fraction of sp³-hybridized carbons (Fsp3) is 0.562. The molecule has 25 heavy (non-hydrogen) atoms. The molecule has 1 saturated heterocycles. The second-order valence-electron chi connectivity index (χ2n) is 6.02. The Balaban J connectivity index is 2.46. The maximum atomic E-state index is 13.0. The Hall–Kier alpha value is -2.00. The number of methoxy groups -OCH3 is 2. The van der Waals surface area contributed by atoms with E-state index in [4.69, 9.17) is 15.2 Å². The van der Waals surface area contributed by atoms with Crippen molar-refractivity contribution in [2.75, 3.05) is 38.3 Å². The third-order valence-corrected chi connectivity index (χ3v) is 4.77. The minimum atomic E-state index is -3.55. The summed E-state index contributed by atoms with van der Waals surface area (Å²) in [6.45, 7) is 1.03. The predicted octanol–water partition coefficient (Wildman–Crippen LogP) is 1.03. The topological polar surface area (TPSA) is 111 Å². The van der Waals surface area contributed by atoms with Gasteiger partial charge in [-0.1, -0.05) is 0 Å². The van der Waals surface area contributed by atoms with E-state index in [9.17, 15) is 13.2 Å². The normalized spacial score (nSPS) is 17.9. The molecular formula is C16H25N3O5S. The molecule has 0 aliphatic carbocycles. The van der Waals surface area contributed by atoms with Crippen molar-refractivity contribution in [3.8, 4) is 11.5 Å². The number of nitrogens with zero attached hydrogens (tertiary/aromatic N) is 1. The quantitative estimate of drug-likeness (QED) is 0.773. The van der Waals surface area contributed by atoms with E-state index in [0.717, 1.165) is 25.5 Å². The smallest absolute Gasteiger partial charge is 0.254 e. The Bertz CT molecular complexity index is 736. The molecule has 1 heterocycles. The fourth-order valence-electron chi connectivity index (χ4n) is 3.04. The number of anilines is 1. The van der Waals surface area contributed by atoms with Crippen LogP contribution >= 0.6 is 0 Å². The van der Waals surface area contributed by atoms with E-state index < -0.39 is 10.0 Å². The van der Waals surface area contributed by atoms with Crippen LogP contribution in [-0.2, 0) is 10.0 Å². The van der Waals surface area contributed by atoms with Gasteiger partial charge in [0.25, 0.3) is 5.91 Å². The van der Waals surface area contributed by atoms with Crippen LogP contribution in [0.5, 0.6) is 11.5 Å². The van der Waals surface area contributed by atoms with E-state index in [1.165, 1.54) is 20.3 Å². The van der Waals surface area contributed by atoms with Gasteiger partial charge in [-0.3, -0.25) is 9.52 Å². The largest absolute Gasteiger partial charge is 0.493 e. The Morgan fingerprint density at radius 2 is 2.04 bits per heavy atom. The Labute approximate surface area is 148 Å². The molecular weight excluding hydrogens is 346 g/mol. The molecule has 0 spiro atoms. The summed E-state index contributed by atoms with van der Waals surface area (Å²) >= 11 is 0. The number of hydrogen-bond acceptors (Lipinski definition) is 6.